The van der Waals surface area contributed by atoms with E-state index in [9.17, 15) is 0 Å². The van der Waals surface area contributed by atoms with Crippen LogP contribution in [0, 0.1) is 5.92 Å². The maximum atomic E-state index is 5.79. The number of nitrogens with zero attached hydrogens (tertiary/aromatic N) is 1. The normalized spacial score (nSPS) is 27.2. The molecule has 1 aromatic heterocycles. The van der Waals surface area contributed by atoms with Crippen LogP contribution in [0.2, 0.25) is 0 Å². The fraction of sp³-hybridized carbons (Fsp3) is 0.583. The minimum absolute atomic E-state index is 0.390. The van der Waals surface area contributed by atoms with Crippen molar-refractivity contribution in [2.45, 2.75) is 38.7 Å². The van der Waals surface area contributed by atoms with Crippen molar-refractivity contribution >= 4 is 0 Å². The molecule has 1 aliphatic rings. The van der Waals surface area contributed by atoms with Crippen molar-refractivity contribution in [3.8, 4) is 5.88 Å². The summed E-state index contributed by atoms with van der Waals surface area (Å²) in [5.41, 5.74) is 0. The zero-order chi connectivity index (χ0) is 9.80. The van der Waals surface area contributed by atoms with Crippen LogP contribution < -0.4 is 4.74 Å². The van der Waals surface area contributed by atoms with Crippen LogP contribution in [0.15, 0.2) is 24.4 Å². The molecular weight excluding hydrogens is 174 g/mol. The first kappa shape index (κ1) is 9.50. The summed E-state index contributed by atoms with van der Waals surface area (Å²) in [6.45, 7) is 2.32. The van der Waals surface area contributed by atoms with Crippen molar-refractivity contribution in [2.24, 2.45) is 5.92 Å². The van der Waals surface area contributed by atoms with E-state index < -0.39 is 0 Å². The van der Waals surface area contributed by atoms with Gasteiger partial charge in [-0.1, -0.05) is 13.0 Å². The van der Waals surface area contributed by atoms with E-state index in [-0.39, 0.29) is 0 Å². The molecule has 2 nitrogen and oxygen atoms in total. The molecule has 0 unspecified atom stereocenters. The third-order valence-corrected chi connectivity index (χ3v) is 2.89. The highest BCUT2D eigenvalue weighted by atomic mass is 16.5. The lowest BCUT2D eigenvalue weighted by atomic mass is 9.89. The number of rotatable bonds is 2. The summed E-state index contributed by atoms with van der Waals surface area (Å²) in [6.07, 6.45) is 7.10. The largest absolute Gasteiger partial charge is 0.474 e. The molecule has 0 atom stereocenters. The summed E-state index contributed by atoms with van der Waals surface area (Å²) in [6, 6.07) is 5.81. The Morgan fingerprint density at radius 1 is 1.21 bits per heavy atom. The van der Waals surface area contributed by atoms with Gasteiger partial charge in [0.15, 0.2) is 0 Å². The van der Waals surface area contributed by atoms with E-state index in [2.05, 4.69) is 11.9 Å². The Morgan fingerprint density at radius 3 is 2.64 bits per heavy atom. The summed E-state index contributed by atoms with van der Waals surface area (Å²) >= 11 is 0. The van der Waals surface area contributed by atoms with E-state index in [1.807, 2.05) is 18.2 Å². The summed E-state index contributed by atoms with van der Waals surface area (Å²) in [5, 5.41) is 0. The molecule has 2 rings (SSSR count). The SMILES string of the molecule is C[C@H]1CC[C@H](Oc2ccccn2)CC1. The summed E-state index contributed by atoms with van der Waals surface area (Å²) in [4.78, 5) is 4.17. The Kier molecular flexibility index (Phi) is 3.02. The minimum Gasteiger partial charge on any atom is -0.474 e. The molecule has 1 aliphatic carbocycles. The molecule has 0 N–H and O–H groups in total. The third-order valence-electron chi connectivity index (χ3n) is 2.89. The zero-order valence-electron chi connectivity index (χ0n) is 8.65. The second-order valence-corrected chi connectivity index (χ2v) is 4.17. The lowest BCUT2D eigenvalue weighted by Crippen LogP contribution is -2.23. The van der Waals surface area contributed by atoms with E-state index in [1.165, 1.54) is 25.7 Å². The van der Waals surface area contributed by atoms with Crippen molar-refractivity contribution < 1.29 is 4.74 Å². The van der Waals surface area contributed by atoms with Gasteiger partial charge in [0.25, 0.3) is 0 Å². The van der Waals surface area contributed by atoms with Gasteiger partial charge in [-0.05, 0) is 37.7 Å². The number of pyridine rings is 1. The Bertz CT molecular complexity index is 265. The molecule has 0 spiro atoms. The Balaban J connectivity index is 1.87. The van der Waals surface area contributed by atoms with Crippen LogP contribution in [0.5, 0.6) is 5.88 Å². The highest BCUT2D eigenvalue weighted by Crippen LogP contribution is 2.26. The maximum Gasteiger partial charge on any atom is 0.213 e. The van der Waals surface area contributed by atoms with E-state index in [4.69, 9.17) is 4.74 Å². The van der Waals surface area contributed by atoms with Gasteiger partial charge in [-0.15, -0.1) is 0 Å². The highest BCUT2D eigenvalue weighted by Gasteiger charge is 2.19. The number of ether oxygens (including phenoxy) is 1. The van der Waals surface area contributed by atoms with Gasteiger partial charge in [-0.3, -0.25) is 0 Å². The van der Waals surface area contributed by atoms with E-state index >= 15 is 0 Å². The molecule has 0 aliphatic heterocycles. The summed E-state index contributed by atoms with van der Waals surface area (Å²) < 4.78 is 5.79. The maximum absolute atomic E-state index is 5.79. The second-order valence-electron chi connectivity index (χ2n) is 4.17. The number of hydrogen-bond acceptors (Lipinski definition) is 2. The van der Waals surface area contributed by atoms with Crippen LogP contribution >= 0.6 is 0 Å². The Hall–Kier alpha value is -1.05. The first-order valence-corrected chi connectivity index (χ1v) is 5.42. The van der Waals surface area contributed by atoms with Gasteiger partial charge in [0, 0.05) is 12.3 Å². The third kappa shape index (κ3) is 2.47. The molecule has 2 heteroatoms. The molecular formula is C12H17NO. The number of hydrogen-bond donors (Lipinski definition) is 0. The van der Waals surface area contributed by atoms with Gasteiger partial charge in [0.2, 0.25) is 5.88 Å². The monoisotopic (exact) mass is 191 g/mol. The van der Waals surface area contributed by atoms with Crippen molar-refractivity contribution in [3.63, 3.8) is 0 Å². The molecule has 0 amide bonds. The standard InChI is InChI=1S/C12H17NO/c1-10-5-7-11(8-6-10)14-12-4-2-3-9-13-12/h2-4,9-11H,5-8H2,1H3/t10-,11-. The molecule has 1 fully saturated rings. The van der Waals surface area contributed by atoms with E-state index in [1.54, 1.807) is 6.20 Å². The summed E-state index contributed by atoms with van der Waals surface area (Å²) in [7, 11) is 0. The molecule has 14 heavy (non-hydrogen) atoms. The molecule has 0 saturated heterocycles. The van der Waals surface area contributed by atoms with Gasteiger partial charge in [-0.2, -0.15) is 0 Å². The predicted octanol–water partition coefficient (Wildman–Crippen LogP) is 3.04. The predicted molar refractivity (Wildman–Crippen MR) is 56.3 cm³/mol. The fourth-order valence-corrected chi connectivity index (χ4v) is 1.93. The van der Waals surface area contributed by atoms with Gasteiger partial charge in [0.1, 0.15) is 6.10 Å². The highest BCUT2D eigenvalue weighted by molar-refractivity contribution is 5.09. The van der Waals surface area contributed by atoms with Gasteiger partial charge in [0.05, 0.1) is 0 Å². The van der Waals surface area contributed by atoms with Crippen molar-refractivity contribution in [3.05, 3.63) is 24.4 Å². The minimum atomic E-state index is 0.390. The van der Waals surface area contributed by atoms with Gasteiger partial charge < -0.3 is 4.74 Å². The molecule has 0 bridgehead atoms. The molecule has 76 valence electrons. The van der Waals surface area contributed by atoms with Gasteiger partial charge in [-0.25, -0.2) is 4.98 Å². The van der Waals surface area contributed by atoms with Crippen LogP contribution in [0.25, 0.3) is 0 Å². The number of aromatic nitrogens is 1. The van der Waals surface area contributed by atoms with E-state index in [0.29, 0.717) is 6.10 Å². The van der Waals surface area contributed by atoms with Crippen molar-refractivity contribution in [1.82, 2.24) is 4.98 Å². The lowest BCUT2D eigenvalue weighted by Gasteiger charge is -2.26. The van der Waals surface area contributed by atoms with Crippen LogP contribution in [0.3, 0.4) is 0 Å². The fourth-order valence-electron chi connectivity index (χ4n) is 1.93. The topological polar surface area (TPSA) is 22.1 Å². The lowest BCUT2D eigenvalue weighted by molar-refractivity contribution is 0.130. The smallest absolute Gasteiger partial charge is 0.213 e. The molecule has 1 aromatic rings. The zero-order valence-corrected chi connectivity index (χ0v) is 8.65. The first-order chi connectivity index (χ1) is 6.84. The molecule has 0 aromatic carbocycles. The molecule has 1 saturated carbocycles. The van der Waals surface area contributed by atoms with Crippen LogP contribution in [-0.4, -0.2) is 11.1 Å². The van der Waals surface area contributed by atoms with E-state index in [0.717, 1.165) is 11.8 Å². The van der Waals surface area contributed by atoms with Crippen LogP contribution in [-0.2, 0) is 0 Å². The Morgan fingerprint density at radius 2 is 2.00 bits per heavy atom. The Labute approximate surface area is 85.3 Å². The molecule has 0 radical (unpaired) electrons. The first-order valence-electron chi connectivity index (χ1n) is 5.42. The van der Waals surface area contributed by atoms with Gasteiger partial charge >= 0.3 is 0 Å². The van der Waals surface area contributed by atoms with Crippen LogP contribution in [0.4, 0.5) is 0 Å². The second kappa shape index (κ2) is 4.45. The average molecular weight is 191 g/mol. The quantitative estimate of drug-likeness (QED) is 0.716. The van der Waals surface area contributed by atoms with Crippen molar-refractivity contribution in [2.75, 3.05) is 0 Å². The van der Waals surface area contributed by atoms with Crippen molar-refractivity contribution in [1.29, 1.82) is 0 Å². The summed E-state index contributed by atoms with van der Waals surface area (Å²) in [5.74, 6) is 1.64. The van der Waals surface area contributed by atoms with Crippen LogP contribution in [0.1, 0.15) is 32.6 Å². The average Bonchev–Trinajstić information content (AvgIpc) is 2.23. The molecule has 1 heterocycles.